The summed E-state index contributed by atoms with van der Waals surface area (Å²) in [6, 6.07) is 2.58. The lowest BCUT2D eigenvalue weighted by molar-refractivity contribution is -0.118. The summed E-state index contributed by atoms with van der Waals surface area (Å²) in [7, 11) is 0. The van der Waals surface area contributed by atoms with Crippen molar-refractivity contribution in [3.8, 4) is 0 Å². The number of rotatable bonds is 3. The molecule has 150 valence electrons. The first-order valence-corrected chi connectivity index (χ1v) is 9.53. The van der Waals surface area contributed by atoms with E-state index in [0.717, 1.165) is 25.3 Å². The van der Waals surface area contributed by atoms with Crippen LogP contribution in [0.15, 0.2) is 27.9 Å². The zero-order valence-corrected chi connectivity index (χ0v) is 15.5. The fourth-order valence-electron chi connectivity index (χ4n) is 4.20. The van der Waals surface area contributed by atoms with Gasteiger partial charge in [-0.2, -0.15) is 0 Å². The van der Waals surface area contributed by atoms with Crippen LogP contribution in [-0.2, 0) is 4.79 Å². The van der Waals surface area contributed by atoms with E-state index in [1.54, 1.807) is 20.4 Å². The maximum absolute atomic E-state index is 15.7. The van der Waals surface area contributed by atoms with Gasteiger partial charge in [0.05, 0.1) is 16.4 Å². The number of carbonyl (C=O) groups excluding carboxylic acids is 1. The van der Waals surface area contributed by atoms with Gasteiger partial charge < -0.3 is 19.4 Å². The highest BCUT2D eigenvalue weighted by molar-refractivity contribution is 5.95. The first-order chi connectivity index (χ1) is 14.0. The number of anilines is 1. The van der Waals surface area contributed by atoms with Gasteiger partial charge in [0.1, 0.15) is 16.9 Å². The van der Waals surface area contributed by atoms with Crippen molar-refractivity contribution in [3.05, 3.63) is 50.5 Å². The first-order valence-electron chi connectivity index (χ1n) is 9.53. The predicted molar refractivity (Wildman–Crippen MR) is 104 cm³/mol. The molecule has 2 aromatic heterocycles. The van der Waals surface area contributed by atoms with E-state index in [2.05, 4.69) is 4.98 Å². The van der Waals surface area contributed by atoms with E-state index in [4.69, 9.17) is 0 Å². The minimum absolute atomic E-state index is 0.0322. The van der Waals surface area contributed by atoms with Gasteiger partial charge in [0.15, 0.2) is 5.82 Å². The number of nitrogens with zero attached hydrogens (tertiary/aromatic N) is 3. The van der Waals surface area contributed by atoms with Crippen molar-refractivity contribution in [1.29, 1.82) is 0 Å². The molecule has 1 saturated carbocycles. The van der Waals surface area contributed by atoms with Crippen LogP contribution in [0, 0.1) is 11.6 Å². The molecule has 1 aliphatic heterocycles. The zero-order valence-electron chi connectivity index (χ0n) is 15.5. The summed E-state index contributed by atoms with van der Waals surface area (Å²) in [5, 5.41) is -0.218. The SMILES string of the molecule is O=CN1CCN(c2c(F)cc3c(=O)c4c(=O)[nH]ccc4n(C4CC4)c3c2F)CC1. The van der Waals surface area contributed by atoms with E-state index in [0.29, 0.717) is 31.7 Å². The molecule has 0 atom stereocenters. The monoisotopic (exact) mass is 400 g/mol. The number of aromatic amines is 1. The van der Waals surface area contributed by atoms with Crippen molar-refractivity contribution >= 4 is 33.9 Å². The molecule has 1 aromatic carbocycles. The number of benzene rings is 1. The summed E-state index contributed by atoms with van der Waals surface area (Å²) in [4.78, 5) is 41.7. The summed E-state index contributed by atoms with van der Waals surface area (Å²) in [6.07, 6.45) is 3.74. The lowest BCUT2D eigenvalue weighted by Crippen LogP contribution is -2.46. The van der Waals surface area contributed by atoms with E-state index in [1.807, 2.05) is 0 Å². The summed E-state index contributed by atoms with van der Waals surface area (Å²) in [5.41, 5.74) is -1.05. The van der Waals surface area contributed by atoms with Crippen LogP contribution in [-0.4, -0.2) is 47.0 Å². The minimum Gasteiger partial charge on any atom is -0.363 e. The Bertz CT molecular complexity index is 1270. The normalized spacial score (nSPS) is 17.3. The Kier molecular flexibility index (Phi) is 3.94. The molecule has 2 aliphatic rings. The molecule has 1 saturated heterocycles. The molecule has 1 amide bonds. The van der Waals surface area contributed by atoms with Gasteiger partial charge in [-0.15, -0.1) is 0 Å². The minimum atomic E-state index is -0.847. The van der Waals surface area contributed by atoms with Gasteiger partial charge >= 0.3 is 0 Å². The van der Waals surface area contributed by atoms with Gasteiger partial charge in [-0.05, 0) is 25.0 Å². The molecule has 5 rings (SSSR count). The maximum Gasteiger partial charge on any atom is 0.261 e. The Hall–Kier alpha value is -3.23. The van der Waals surface area contributed by atoms with Gasteiger partial charge in [-0.1, -0.05) is 0 Å². The third kappa shape index (κ3) is 2.64. The molecule has 3 aromatic rings. The van der Waals surface area contributed by atoms with Crippen molar-refractivity contribution in [2.24, 2.45) is 0 Å². The van der Waals surface area contributed by atoms with Crippen molar-refractivity contribution in [1.82, 2.24) is 14.5 Å². The second-order valence-electron chi connectivity index (χ2n) is 7.54. The molecule has 1 N–H and O–H groups in total. The molecule has 0 radical (unpaired) electrons. The van der Waals surface area contributed by atoms with Crippen LogP contribution in [0.5, 0.6) is 0 Å². The van der Waals surface area contributed by atoms with Crippen molar-refractivity contribution in [2.45, 2.75) is 18.9 Å². The van der Waals surface area contributed by atoms with Crippen LogP contribution < -0.4 is 15.9 Å². The van der Waals surface area contributed by atoms with Crippen LogP contribution in [0.1, 0.15) is 18.9 Å². The lowest BCUT2D eigenvalue weighted by atomic mass is 10.1. The Balaban J connectivity index is 1.82. The Morgan fingerprint density at radius 1 is 1.10 bits per heavy atom. The van der Waals surface area contributed by atoms with E-state index < -0.39 is 22.6 Å². The van der Waals surface area contributed by atoms with Gasteiger partial charge in [0.25, 0.3) is 5.56 Å². The summed E-state index contributed by atoms with van der Waals surface area (Å²) < 4.78 is 32.4. The third-order valence-electron chi connectivity index (χ3n) is 5.77. The highest BCUT2D eigenvalue weighted by Crippen LogP contribution is 2.41. The third-order valence-corrected chi connectivity index (χ3v) is 5.77. The predicted octanol–water partition coefficient (Wildman–Crippen LogP) is 1.73. The number of aromatic nitrogens is 2. The van der Waals surface area contributed by atoms with Gasteiger partial charge in [0, 0.05) is 38.4 Å². The van der Waals surface area contributed by atoms with Crippen molar-refractivity contribution in [2.75, 3.05) is 31.1 Å². The highest BCUT2D eigenvalue weighted by Gasteiger charge is 2.32. The van der Waals surface area contributed by atoms with Gasteiger partial charge in [-0.25, -0.2) is 8.78 Å². The molecular weight excluding hydrogens is 382 g/mol. The molecule has 29 heavy (non-hydrogen) atoms. The fourth-order valence-corrected chi connectivity index (χ4v) is 4.20. The average molecular weight is 400 g/mol. The molecule has 2 fully saturated rings. The van der Waals surface area contributed by atoms with E-state index in [-0.39, 0.29) is 28.0 Å². The number of pyridine rings is 2. The standard InChI is InChI=1S/C20H18F2N4O3/c21-13-9-12-17(16(22)18(13)25-7-5-24(10-27)6-8-25)26(11-1-2-11)14-3-4-23-20(29)15(14)19(12)28/h3-4,9-11H,1-2,5-8H2,(H,23,29). The van der Waals surface area contributed by atoms with Crippen LogP contribution in [0.4, 0.5) is 14.5 Å². The summed E-state index contributed by atoms with van der Waals surface area (Å²) in [6.45, 7) is 1.31. The first kappa shape index (κ1) is 17.8. The average Bonchev–Trinajstić information content (AvgIpc) is 3.54. The van der Waals surface area contributed by atoms with E-state index >= 15 is 4.39 Å². The van der Waals surface area contributed by atoms with E-state index in [9.17, 15) is 18.8 Å². The number of nitrogens with one attached hydrogen (secondary N) is 1. The molecule has 1 aliphatic carbocycles. The second-order valence-corrected chi connectivity index (χ2v) is 7.54. The Morgan fingerprint density at radius 3 is 2.48 bits per heavy atom. The fraction of sp³-hybridized carbons (Fsp3) is 0.350. The largest absolute Gasteiger partial charge is 0.363 e. The number of carbonyl (C=O) groups is 1. The number of H-pyrrole nitrogens is 1. The maximum atomic E-state index is 15.7. The lowest BCUT2D eigenvalue weighted by Gasteiger charge is -2.34. The molecule has 9 heteroatoms. The molecule has 7 nitrogen and oxygen atoms in total. The summed E-state index contributed by atoms with van der Waals surface area (Å²) in [5.74, 6) is -1.65. The number of halogens is 2. The number of piperazine rings is 1. The smallest absolute Gasteiger partial charge is 0.261 e. The van der Waals surface area contributed by atoms with Gasteiger partial charge in [0.2, 0.25) is 11.8 Å². The number of hydrogen-bond acceptors (Lipinski definition) is 4. The molecule has 0 spiro atoms. The van der Waals surface area contributed by atoms with E-state index in [1.165, 1.54) is 6.20 Å². The number of hydrogen-bond donors (Lipinski definition) is 1. The van der Waals surface area contributed by atoms with Crippen LogP contribution >= 0.6 is 0 Å². The number of amides is 1. The van der Waals surface area contributed by atoms with Crippen molar-refractivity contribution < 1.29 is 13.6 Å². The van der Waals surface area contributed by atoms with Gasteiger partial charge in [-0.3, -0.25) is 14.4 Å². The molecule has 3 heterocycles. The molecule has 0 unspecified atom stereocenters. The number of fused-ring (bicyclic) bond motifs is 2. The quantitative estimate of drug-likeness (QED) is 0.537. The zero-order chi connectivity index (χ0) is 20.3. The molecular formula is C20H18F2N4O3. The Labute approximate surface area is 163 Å². The van der Waals surface area contributed by atoms with Crippen LogP contribution in [0.3, 0.4) is 0 Å². The van der Waals surface area contributed by atoms with Crippen LogP contribution in [0.25, 0.3) is 21.8 Å². The molecule has 0 bridgehead atoms. The second kappa shape index (κ2) is 6.40. The Morgan fingerprint density at radius 2 is 1.83 bits per heavy atom. The van der Waals surface area contributed by atoms with Crippen molar-refractivity contribution in [3.63, 3.8) is 0 Å². The highest BCUT2D eigenvalue weighted by atomic mass is 19.1. The van der Waals surface area contributed by atoms with Crippen LogP contribution in [0.2, 0.25) is 0 Å². The topological polar surface area (TPSA) is 78.4 Å². The summed E-state index contributed by atoms with van der Waals surface area (Å²) >= 11 is 0.